The summed E-state index contributed by atoms with van der Waals surface area (Å²) in [5, 5.41) is 31.2. The summed E-state index contributed by atoms with van der Waals surface area (Å²) in [7, 11) is -10.9. The maximum absolute atomic E-state index is 12.8. The second-order valence-electron chi connectivity index (χ2n) is 16.0. The van der Waals surface area contributed by atoms with Crippen LogP contribution in [0.2, 0.25) is 0 Å². The fraction of sp³-hybridized carbons (Fsp3) is 0.644. The summed E-state index contributed by atoms with van der Waals surface area (Å²) in [6, 6.07) is 1.23. The molecule has 0 spiro atoms. The van der Waals surface area contributed by atoms with Crippen molar-refractivity contribution in [3.63, 3.8) is 0 Å². The van der Waals surface area contributed by atoms with Gasteiger partial charge in [-0.15, -0.1) is 0 Å². The van der Waals surface area contributed by atoms with Crippen molar-refractivity contribution in [1.29, 1.82) is 0 Å². The number of nitrogens with two attached hydrogens (primary N) is 1. The van der Waals surface area contributed by atoms with E-state index < -0.39 is 89.8 Å². The number of aromatic nitrogens is 2. The van der Waals surface area contributed by atoms with Gasteiger partial charge < -0.3 is 45.1 Å². The van der Waals surface area contributed by atoms with Gasteiger partial charge in [0.1, 0.15) is 30.7 Å². The van der Waals surface area contributed by atoms with Crippen LogP contribution in [-0.2, 0) is 46.3 Å². The highest BCUT2D eigenvalue weighted by Gasteiger charge is 2.46. The molecule has 4 unspecified atom stereocenters. The van der Waals surface area contributed by atoms with Gasteiger partial charge in [0.05, 0.1) is 19.3 Å². The van der Waals surface area contributed by atoms with Gasteiger partial charge in [0, 0.05) is 19.0 Å². The van der Waals surface area contributed by atoms with Gasteiger partial charge in [0.15, 0.2) is 12.3 Å². The molecule has 1 fully saturated rings. The Labute approximate surface area is 388 Å². The van der Waals surface area contributed by atoms with Gasteiger partial charge >= 0.3 is 33.3 Å². The van der Waals surface area contributed by atoms with Crippen molar-refractivity contribution < 1.29 is 71.4 Å². The number of rotatable bonds is 35. The molecule has 0 aromatic carbocycles. The molecule has 21 heteroatoms. The third-order valence-electron chi connectivity index (χ3n) is 10.3. The lowest BCUT2D eigenvalue weighted by atomic mass is 10.00. The van der Waals surface area contributed by atoms with Gasteiger partial charge in [-0.1, -0.05) is 126 Å². The van der Waals surface area contributed by atoms with Crippen LogP contribution in [0, 0.1) is 5.92 Å². The van der Waals surface area contributed by atoms with Crippen molar-refractivity contribution in [2.24, 2.45) is 5.92 Å². The van der Waals surface area contributed by atoms with Gasteiger partial charge in [-0.25, -0.2) is 13.9 Å². The average Bonchev–Trinajstić information content (AvgIpc) is 3.54. The smallest absolute Gasteiger partial charge is 0.462 e. The number of esters is 2. The number of ether oxygens (including phenoxy) is 3. The van der Waals surface area contributed by atoms with Gasteiger partial charge in [-0.2, -0.15) is 9.29 Å². The highest BCUT2D eigenvalue weighted by atomic mass is 31.3. The molecule has 1 aromatic rings. The van der Waals surface area contributed by atoms with Crippen LogP contribution in [0.4, 0.5) is 5.82 Å². The number of carbonyl (C=O) groups excluding carboxylic acids is 2. The molecule has 1 aliphatic rings. The molecule has 1 aliphatic heterocycles. The molecule has 0 radical (unpaired) electrons. The Morgan fingerprint density at radius 3 is 2.12 bits per heavy atom. The van der Waals surface area contributed by atoms with E-state index in [9.17, 15) is 48.6 Å². The average molecular weight is 974 g/mol. The SMILES string of the molecule is CC/C=C\C/C=C\C/C=C\C/C=C\C=C\C(O)CCCC(=O)O[C@H](COC(=O)CCCCCCCCC(C)CC)COP(=O)(O)OP(=O)(O)OC[C@H]1O[C@@H](n2ccc(N)nc2=O)[C@H](O)[C@@H]1O. The van der Waals surface area contributed by atoms with Crippen LogP contribution in [0.1, 0.15) is 130 Å². The lowest BCUT2D eigenvalue weighted by Gasteiger charge is -2.21. The summed E-state index contributed by atoms with van der Waals surface area (Å²) in [5.74, 6) is -0.816. The first-order valence-corrected chi connectivity index (χ1v) is 25.8. The zero-order chi connectivity index (χ0) is 48.8. The first kappa shape index (κ1) is 58.5. The number of phosphoric ester groups is 2. The number of aliphatic hydroxyl groups excluding tert-OH is 3. The highest BCUT2D eigenvalue weighted by Crippen LogP contribution is 2.60. The Kier molecular flexibility index (Phi) is 29.3. The van der Waals surface area contributed by atoms with Crippen molar-refractivity contribution in [3.8, 4) is 0 Å². The quantitative estimate of drug-likeness (QED) is 0.0129. The molecule has 2 rings (SSSR count). The summed E-state index contributed by atoms with van der Waals surface area (Å²) in [6.07, 6.45) is 23.8. The molecule has 19 nitrogen and oxygen atoms in total. The minimum Gasteiger partial charge on any atom is -0.462 e. The summed E-state index contributed by atoms with van der Waals surface area (Å²) in [5.41, 5.74) is 4.56. The van der Waals surface area contributed by atoms with Crippen LogP contribution in [0.3, 0.4) is 0 Å². The summed E-state index contributed by atoms with van der Waals surface area (Å²) >= 11 is 0. The number of hydrogen-bond acceptors (Lipinski definition) is 16. The molecular formula is C45H73N3O16P2. The van der Waals surface area contributed by atoms with Crippen LogP contribution in [0.25, 0.3) is 0 Å². The van der Waals surface area contributed by atoms with Crippen molar-refractivity contribution >= 4 is 33.4 Å². The lowest BCUT2D eigenvalue weighted by Crippen LogP contribution is -2.36. The van der Waals surface area contributed by atoms with E-state index in [0.717, 1.165) is 75.0 Å². The van der Waals surface area contributed by atoms with Crippen molar-refractivity contribution in [2.75, 3.05) is 25.6 Å². The molecule has 1 aromatic heterocycles. The minimum absolute atomic E-state index is 0.0815. The Morgan fingerprint density at radius 2 is 1.45 bits per heavy atom. The molecule has 66 heavy (non-hydrogen) atoms. The van der Waals surface area contributed by atoms with Crippen LogP contribution in [-0.4, -0.2) is 96.9 Å². The number of anilines is 1. The van der Waals surface area contributed by atoms with Crippen LogP contribution >= 0.6 is 15.6 Å². The predicted molar refractivity (Wildman–Crippen MR) is 248 cm³/mol. The molecule has 2 heterocycles. The second-order valence-corrected chi connectivity index (χ2v) is 19.0. The van der Waals surface area contributed by atoms with Gasteiger partial charge in [-0.3, -0.25) is 23.2 Å². The standard InChI is InChI=1S/C45H73N3O16P2/c1-4-6-7-8-9-10-11-12-13-14-15-19-22-26-36(49)27-24-29-41(51)62-37(32-59-40(50)28-23-20-17-16-18-21-25-35(3)5-2)33-60-65(55,56)64-66(57,58)61-34-38-42(52)43(53)44(63-38)48-31-30-39(46)47-45(48)54/h6-7,9-10,12-13,15,19,22,26,30-31,35-38,42-44,49,52-53H,4-5,8,11,14,16-18,20-21,23-25,27-29,32-34H2,1-3H3,(H,55,56)(H,57,58)(H2,46,47,54)/b7-6-,10-9-,13-12-,19-15-,26-22+/t35?,36?,37-,38-,42-,43-,44-/m1/s1. The molecule has 0 saturated carbocycles. The number of carbonyl (C=O) groups is 2. The molecule has 9 atom stereocenters. The molecular weight excluding hydrogens is 900 g/mol. The number of hydrogen-bond donors (Lipinski definition) is 6. The first-order chi connectivity index (χ1) is 31.5. The number of unbranched alkanes of at least 4 members (excludes halogenated alkanes) is 5. The Bertz CT molecular complexity index is 1870. The summed E-state index contributed by atoms with van der Waals surface area (Å²) < 4.78 is 56.4. The number of phosphoric acid groups is 2. The minimum atomic E-state index is -5.47. The van der Waals surface area contributed by atoms with Crippen molar-refractivity contribution in [2.45, 2.75) is 160 Å². The number of nitrogen functional groups attached to an aromatic ring is 1. The van der Waals surface area contributed by atoms with E-state index in [-0.39, 0.29) is 31.5 Å². The van der Waals surface area contributed by atoms with Crippen LogP contribution < -0.4 is 11.4 Å². The molecule has 0 bridgehead atoms. The maximum atomic E-state index is 12.8. The fourth-order valence-electron chi connectivity index (χ4n) is 6.32. The maximum Gasteiger partial charge on any atom is 0.481 e. The number of aliphatic hydroxyl groups is 3. The number of allylic oxidation sites excluding steroid dienone is 9. The third-order valence-corrected chi connectivity index (χ3v) is 12.9. The Balaban J connectivity index is 1.90. The first-order valence-electron chi connectivity index (χ1n) is 22.8. The largest absolute Gasteiger partial charge is 0.481 e. The van der Waals surface area contributed by atoms with E-state index >= 15 is 0 Å². The van der Waals surface area contributed by atoms with E-state index in [1.807, 2.05) is 12.2 Å². The summed E-state index contributed by atoms with van der Waals surface area (Å²) in [6.45, 7) is 4.04. The molecule has 1 saturated heterocycles. The van der Waals surface area contributed by atoms with Gasteiger partial charge in [-0.05, 0) is 56.9 Å². The van der Waals surface area contributed by atoms with Crippen LogP contribution in [0.15, 0.2) is 77.8 Å². The highest BCUT2D eigenvalue weighted by molar-refractivity contribution is 7.61. The van der Waals surface area contributed by atoms with Gasteiger partial charge in [0.25, 0.3) is 0 Å². The zero-order valence-electron chi connectivity index (χ0n) is 38.5. The van der Waals surface area contributed by atoms with Gasteiger partial charge in [0.2, 0.25) is 0 Å². The zero-order valence-corrected chi connectivity index (χ0v) is 40.3. The summed E-state index contributed by atoms with van der Waals surface area (Å²) in [4.78, 5) is 61.6. The van der Waals surface area contributed by atoms with Crippen molar-refractivity contribution in [3.05, 3.63) is 83.5 Å². The third kappa shape index (κ3) is 26.1. The van der Waals surface area contributed by atoms with E-state index in [0.29, 0.717) is 12.3 Å². The predicted octanol–water partition coefficient (Wildman–Crippen LogP) is 7.21. The monoisotopic (exact) mass is 973 g/mol. The second kappa shape index (κ2) is 33.0. The topological polar surface area (TPSA) is 286 Å². The number of nitrogens with zero attached hydrogens (tertiary/aromatic N) is 2. The van der Waals surface area contributed by atoms with Crippen molar-refractivity contribution in [1.82, 2.24) is 9.55 Å². The Morgan fingerprint density at radius 1 is 0.833 bits per heavy atom. The fourth-order valence-corrected chi connectivity index (χ4v) is 8.43. The van der Waals surface area contributed by atoms with E-state index in [2.05, 4.69) is 60.4 Å². The Hall–Kier alpha value is -3.58. The molecule has 0 amide bonds. The molecule has 7 N–H and O–H groups in total. The van der Waals surface area contributed by atoms with E-state index in [4.69, 9.17) is 29.0 Å². The van der Waals surface area contributed by atoms with Crippen LogP contribution in [0.5, 0.6) is 0 Å². The normalized spacial score (nSPS) is 21.2. The lowest BCUT2D eigenvalue weighted by molar-refractivity contribution is -0.161. The molecule has 374 valence electrons. The van der Waals surface area contributed by atoms with E-state index in [1.54, 1.807) is 18.2 Å². The van der Waals surface area contributed by atoms with E-state index in [1.165, 1.54) is 12.5 Å². The molecule has 0 aliphatic carbocycles.